The topological polar surface area (TPSA) is 232 Å². The van der Waals surface area contributed by atoms with E-state index in [0.29, 0.717) is 11.1 Å². The van der Waals surface area contributed by atoms with Gasteiger partial charge in [-0.25, -0.2) is 0 Å². The van der Waals surface area contributed by atoms with E-state index in [1.807, 2.05) is 42.5 Å². The van der Waals surface area contributed by atoms with Crippen molar-refractivity contribution in [1.82, 2.24) is 26.6 Å². The van der Waals surface area contributed by atoms with E-state index in [0.717, 1.165) is 28.5 Å². The maximum atomic E-state index is 14.2. The van der Waals surface area contributed by atoms with E-state index in [1.165, 1.54) is 24.3 Å². The minimum atomic E-state index is -1.24. The largest absolute Gasteiger partial charge is 0.368 e. The molecule has 0 unspecified atom stereocenters. The number of carbonyl (C=O) groups excluding carboxylic acids is 6. The number of amides is 6. The van der Waals surface area contributed by atoms with Crippen LogP contribution in [-0.4, -0.2) is 71.1 Å². The molecule has 1 heterocycles. The number of carbonyl (C=O) groups is 6. The normalized spacial score (nSPS) is 21.0. The van der Waals surface area contributed by atoms with Gasteiger partial charge in [-0.1, -0.05) is 84.9 Å². The van der Waals surface area contributed by atoms with Gasteiger partial charge in [0.1, 0.15) is 24.2 Å². The van der Waals surface area contributed by atoms with Gasteiger partial charge in [0.25, 0.3) is 5.69 Å². The molecule has 4 aromatic rings. The zero-order chi connectivity index (χ0) is 39.3. The Balaban J connectivity index is 1.50. The summed E-state index contributed by atoms with van der Waals surface area (Å²) in [7, 11) is 0. The summed E-state index contributed by atoms with van der Waals surface area (Å²) >= 11 is 0. The highest BCUT2D eigenvalue weighted by Gasteiger charge is 2.31. The molecule has 0 aliphatic carbocycles. The molecule has 1 aliphatic rings. The van der Waals surface area contributed by atoms with E-state index in [9.17, 15) is 38.9 Å². The summed E-state index contributed by atoms with van der Waals surface area (Å²) in [6.45, 7) is 0.0311. The van der Waals surface area contributed by atoms with Crippen molar-refractivity contribution < 1.29 is 33.7 Å². The Hall–Kier alpha value is -6.90. The maximum absolute atomic E-state index is 14.2. The molecule has 15 nitrogen and oxygen atoms in total. The lowest BCUT2D eigenvalue weighted by atomic mass is 9.97. The van der Waals surface area contributed by atoms with E-state index in [4.69, 9.17) is 5.73 Å². The number of fused-ring (bicyclic) bond motifs is 1. The molecule has 1 aliphatic heterocycles. The van der Waals surface area contributed by atoms with Gasteiger partial charge in [0.2, 0.25) is 35.4 Å². The summed E-state index contributed by atoms with van der Waals surface area (Å²) in [5, 5.41) is 26.4. The van der Waals surface area contributed by atoms with Crippen molar-refractivity contribution in [2.75, 3.05) is 6.54 Å². The first-order valence-corrected chi connectivity index (χ1v) is 17.7. The number of primary amides is 1. The lowest BCUT2D eigenvalue weighted by Crippen LogP contribution is -2.58. The van der Waals surface area contributed by atoms with Gasteiger partial charge in [0.05, 0.1) is 4.92 Å². The predicted octanol–water partition coefficient (Wildman–Crippen LogP) is 1.67. The van der Waals surface area contributed by atoms with Crippen molar-refractivity contribution in [3.05, 3.63) is 136 Å². The van der Waals surface area contributed by atoms with Crippen LogP contribution >= 0.6 is 0 Å². The van der Waals surface area contributed by atoms with Gasteiger partial charge in [-0.05, 0) is 40.3 Å². The van der Waals surface area contributed by atoms with Crippen molar-refractivity contribution in [2.24, 2.45) is 5.73 Å². The molecule has 5 rings (SSSR count). The predicted molar refractivity (Wildman–Crippen MR) is 203 cm³/mol. The molecular formula is C40H41N7O8. The number of rotatable bonds is 8. The average Bonchev–Trinajstić information content (AvgIpc) is 3.17. The number of hydrogen-bond donors (Lipinski definition) is 6. The highest BCUT2D eigenvalue weighted by atomic mass is 16.6. The van der Waals surface area contributed by atoms with E-state index in [1.54, 1.807) is 30.3 Å². The summed E-state index contributed by atoms with van der Waals surface area (Å²) in [6.07, 6.45) is 2.06. The van der Waals surface area contributed by atoms with Crippen LogP contribution in [0.25, 0.3) is 10.8 Å². The number of nitro groups is 1. The fraction of sp³-hybridized carbons (Fsp3) is 0.250. The van der Waals surface area contributed by atoms with Crippen molar-refractivity contribution in [3.8, 4) is 0 Å². The zero-order valence-electron chi connectivity index (χ0n) is 29.7. The summed E-state index contributed by atoms with van der Waals surface area (Å²) < 4.78 is 0. The smallest absolute Gasteiger partial charge is 0.269 e. The maximum Gasteiger partial charge on any atom is 0.269 e. The Morgan fingerprint density at radius 2 is 1.22 bits per heavy atom. The van der Waals surface area contributed by atoms with Crippen LogP contribution in [0.4, 0.5) is 5.69 Å². The summed E-state index contributed by atoms with van der Waals surface area (Å²) in [5.41, 5.74) is 7.29. The number of benzene rings is 4. The van der Waals surface area contributed by atoms with Gasteiger partial charge in [0.15, 0.2) is 0 Å². The molecule has 284 valence electrons. The molecule has 0 saturated heterocycles. The first-order chi connectivity index (χ1) is 26.5. The second-order valence-electron chi connectivity index (χ2n) is 13.1. The highest BCUT2D eigenvalue weighted by Crippen LogP contribution is 2.20. The molecule has 55 heavy (non-hydrogen) atoms. The second-order valence-corrected chi connectivity index (χ2v) is 13.1. The molecular weight excluding hydrogens is 706 g/mol. The molecule has 15 heteroatoms. The number of nitrogens with zero attached hydrogens (tertiary/aromatic N) is 1. The molecule has 4 atom stereocenters. The first-order valence-electron chi connectivity index (χ1n) is 17.7. The minimum absolute atomic E-state index is 0.00750. The Kier molecular flexibility index (Phi) is 13.4. The SMILES string of the molecule is NC(=O)[C@@H]1CCCNC(=O)[C@H](Cc2ccc([N+](=O)[O-])cc2)NC(=O)[C@H](Cc2ccccc2)NC(=O)[C@H](Cc2cccc3ccccc23)NC(=O)/C=C/C(=O)N1. The number of non-ortho nitro benzene ring substituents is 1. The Morgan fingerprint density at radius 1 is 0.655 bits per heavy atom. The monoisotopic (exact) mass is 747 g/mol. The van der Waals surface area contributed by atoms with Crippen molar-refractivity contribution in [2.45, 2.75) is 56.3 Å². The molecule has 0 spiro atoms. The third-order valence-corrected chi connectivity index (χ3v) is 9.09. The highest BCUT2D eigenvalue weighted by molar-refractivity contribution is 6.00. The average molecular weight is 748 g/mol. The van der Waals surface area contributed by atoms with Crippen LogP contribution in [0.1, 0.15) is 29.5 Å². The van der Waals surface area contributed by atoms with Crippen molar-refractivity contribution in [1.29, 1.82) is 0 Å². The Morgan fingerprint density at radius 3 is 1.87 bits per heavy atom. The molecule has 0 radical (unpaired) electrons. The van der Waals surface area contributed by atoms with Gasteiger partial charge in [-0.15, -0.1) is 0 Å². The fourth-order valence-corrected chi connectivity index (χ4v) is 6.22. The van der Waals surface area contributed by atoms with E-state index in [-0.39, 0.29) is 44.3 Å². The van der Waals surface area contributed by atoms with Gasteiger partial charge in [0, 0.05) is 50.1 Å². The van der Waals surface area contributed by atoms with Gasteiger partial charge in [-0.3, -0.25) is 38.9 Å². The Bertz CT molecular complexity index is 2080. The van der Waals surface area contributed by atoms with Crippen LogP contribution in [0.3, 0.4) is 0 Å². The second kappa shape index (κ2) is 18.7. The minimum Gasteiger partial charge on any atom is -0.368 e. The van der Waals surface area contributed by atoms with Crippen LogP contribution in [0.2, 0.25) is 0 Å². The van der Waals surface area contributed by atoms with E-state index < -0.39 is 64.5 Å². The number of nitrogens with two attached hydrogens (primary N) is 1. The van der Waals surface area contributed by atoms with Gasteiger partial charge >= 0.3 is 0 Å². The standard InChI is InChI=1S/C40H41N7O8/c41-37(50)31-14-7-21-42-38(51)32(23-26-15-17-29(18-16-26)47(54)55)45-39(52)33(22-25-8-2-1-3-9-25)46-40(53)34(44-36(49)20-19-35(48)43-31)24-28-12-6-11-27-10-4-5-13-30(27)28/h1-6,8-13,15-20,31-34H,7,14,21-24H2,(H2,41,50)(H,42,51)(H,43,48)(H,44,49)(H,45,52)(H,46,53)/b20-19+/t31-,32-,33-,34-/m0/s1. The van der Waals surface area contributed by atoms with Crippen LogP contribution in [0.5, 0.6) is 0 Å². The van der Waals surface area contributed by atoms with Crippen LogP contribution in [0, 0.1) is 10.1 Å². The van der Waals surface area contributed by atoms with Crippen molar-refractivity contribution >= 4 is 51.9 Å². The molecule has 4 aromatic carbocycles. The van der Waals surface area contributed by atoms with E-state index >= 15 is 0 Å². The van der Waals surface area contributed by atoms with Crippen molar-refractivity contribution in [3.63, 3.8) is 0 Å². The number of nitrogens with one attached hydrogen (secondary N) is 5. The fourth-order valence-electron chi connectivity index (χ4n) is 6.22. The van der Waals surface area contributed by atoms with Gasteiger partial charge in [-0.2, -0.15) is 0 Å². The molecule has 0 fully saturated rings. The molecule has 0 aromatic heterocycles. The quantitative estimate of drug-likeness (QED) is 0.114. The molecule has 0 bridgehead atoms. The molecule has 0 saturated carbocycles. The first kappa shape index (κ1) is 39.3. The van der Waals surface area contributed by atoms with E-state index in [2.05, 4.69) is 26.6 Å². The number of hydrogen-bond acceptors (Lipinski definition) is 8. The molecule has 6 amide bonds. The lowest BCUT2D eigenvalue weighted by Gasteiger charge is -2.26. The zero-order valence-corrected chi connectivity index (χ0v) is 29.7. The summed E-state index contributed by atoms with van der Waals surface area (Å²) in [4.78, 5) is 90.8. The molecule has 7 N–H and O–H groups in total. The van der Waals surface area contributed by atoms with Gasteiger partial charge < -0.3 is 32.3 Å². The van der Waals surface area contributed by atoms with Crippen LogP contribution < -0.4 is 32.3 Å². The summed E-state index contributed by atoms with van der Waals surface area (Å²) in [6, 6.07) is 22.7. The lowest BCUT2D eigenvalue weighted by molar-refractivity contribution is -0.384. The third-order valence-electron chi connectivity index (χ3n) is 9.09. The number of nitro benzene ring substituents is 1. The van der Waals surface area contributed by atoms with Crippen LogP contribution in [-0.2, 0) is 48.0 Å². The Labute approximate surface area is 316 Å². The van der Waals surface area contributed by atoms with Crippen LogP contribution in [0.15, 0.2) is 109 Å². The summed E-state index contributed by atoms with van der Waals surface area (Å²) in [5.74, 6) is -4.40. The third kappa shape index (κ3) is 11.3.